The lowest BCUT2D eigenvalue weighted by molar-refractivity contribution is -0.115. The maximum atomic E-state index is 12.1. The maximum absolute atomic E-state index is 12.1. The number of carbonyl (C=O) groups excluding carboxylic acids is 1. The van der Waals surface area contributed by atoms with Gasteiger partial charge >= 0.3 is 0 Å². The zero-order chi connectivity index (χ0) is 17.1. The number of benzene rings is 2. The van der Waals surface area contributed by atoms with E-state index >= 15 is 0 Å². The Kier molecular flexibility index (Phi) is 4.61. The lowest BCUT2D eigenvalue weighted by atomic mass is 10.0. The van der Waals surface area contributed by atoms with Crippen LogP contribution in [-0.4, -0.2) is 36.2 Å². The third-order valence-corrected chi connectivity index (χ3v) is 5.09. The van der Waals surface area contributed by atoms with Gasteiger partial charge in [0.25, 0.3) is 0 Å². The van der Waals surface area contributed by atoms with E-state index in [1.807, 2.05) is 30.5 Å². The molecule has 0 aliphatic carbocycles. The van der Waals surface area contributed by atoms with Crippen LogP contribution in [0.3, 0.4) is 0 Å². The van der Waals surface area contributed by atoms with Crippen LogP contribution in [0.1, 0.15) is 29.9 Å². The molecule has 0 spiro atoms. The molecule has 0 radical (unpaired) electrons. The first kappa shape index (κ1) is 16.0. The van der Waals surface area contributed by atoms with E-state index in [0.717, 1.165) is 43.7 Å². The normalized spacial score (nSPS) is 21.4. The number of likely N-dealkylation sites (tertiary alicyclic amines) is 1. The van der Waals surface area contributed by atoms with Crippen molar-refractivity contribution >= 4 is 17.8 Å². The number of amides is 1. The van der Waals surface area contributed by atoms with Gasteiger partial charge in [-0.1, -0.05) is 48.5 Å². The third kappa shape index (κ3) is 3.64. The van der Waals surface area contributed by atoms with Crippen molar-refractivity contribution in [1.29, 1.82) is 0 Å². The summed E-state index contributed by atoms with van der Waals surface area (Å²) in [6, 6.07) is 18.8. The van der Waals surface area contributed by atoms with E-state index in [0.29, 0.717) is 6.04 Å². The number of fused-ring (bicyclic) bond motifs is 1. The minimum atomic E-state index is -0.237. The molecule has 128 valence electrons. The number of para-hydroxylation sites is 1. The molecule has 2 heterocycles. The molecule has 4 nitrogen and oxygen atoms in total. The standard InChI is InChI=1S/C21H23N3O/c25-21-19(18-8-4-5-9-20(18)23-21)14-22-17-10-12-24(13-11-17)15-16-6-2-1-3-7-16/h1-9,14,17,19H,10-13,15H2,(H,23,25). The molecule has 1 amide bonds. The van der Waals surface area contributed by atoms with Crippen molar-refractivity contribution in [2.75, 3.05) is 18.4 Å². The summed E-state index contributed by atoms with van der Waals surface area (Å²) in [5, 5.41) is 2.93. The lowest BCUT2D eigenvalue weighted by Gasteiger charge is -2.30. The lowest BCUT2D eigenvalue weighted by Crippen LogP contribution is -2.35. The highest BCUT2D eigenvalue weighted by Gasteiger charge is 2.29. The van der Waals surface area contributed by atoms with Crippen molar-refractivity contribution in [3.63, 3.8) is 0 Å². The monoisotopic (exact) mass is 333 g/mol. The molecule has 0 bridgehead atoms. The smallest absolute Gasteiger partial charge is 0.237 e. The van der Waals surface area contributed by atoms with Gasteiger partial charge < -0.3 is 5.32 Å². The molecule has 4 rings (SSSR count). The van der Waals surface area contributed by atoms with Crippen molar-refractivity contribution in [1.82, 2.24) is 4.90 Å². The van der Waals surface area contributed by atoms with Crippen LogP contribution in [0.5, 0.6) is 0 Å². The Labute approximate surface area is 148 Å². The molecular weight excluding hydrogens is 310 g/mol. The number of nitrogens with zero attached hydrogens (tertiary/aromatic N) is 2. The summed E-state index contributed by atoms with van der Waals surface area (Å²) >= 11 is 0. The highest BCUT2D eigenvalue weighted by molar-refractivity contribution is 6.12. The number of nitrogens with one attached hydrogen (secondary N) is 1. The van der Waals surface area contributed by atoms with Gasteiger partial charge in [0.1, 0.15) is 5.92 Å². The Morgan fingerprint density at radius 1 is 1.04 bits per heavy atom. The van der Waals surface area contributed by atoms with Crippen LogP contribution < -0.4 is 5.32 Å². The fraction of sp³-hybridized carbons (Fsp3) is 0.333. The topological polar surface area (TPSA) is 44.7 Å². The molecular formula is C21H23N3O. The van der Waals surface area contributed by atoms with Crippen LogP contribution in [0, 0.1) is 0 Å². The number of hydrogen-bond acceptors (Lipinski definition) is 3. The van der Waals surface area contributed by atoms with Gasteiger partial charge in [-0.2, -0.15) is 0 Å². The van der Waals surface area contributed by atoms with Crippen LogP contribution >= 0.6 is 0 Å². The van der Waals surface area contributed by atoms with Crippen LogP contribution in [0.25, 0.3) is 0 Å². The van der Waals surface area contributed by atoms with Crippen molar-refractivity contribution in [3.05, 3.63) is 65.7 Å². The third-order valence-electron chi connectivity index (χ3n) is 5.09. The molecule has 0 saturated carbocycles. The van der Waals surface area contributed by atoms with E-state index in [1.165, 1.54) is 5.56 Å². The van der Waals surface area contributed by atoms with Crippen LogP contribution in [0.2, 0.25) is 0 Å². The fourth-order valence-corrected chi connectivity index (χ4v) is 3.66. The van der Waals surface area contributed by atoms with E-state index in [4.69, 9.17) is 4.99 Å². The Morgan fingerprint density at radius 2 is 1.76 bits per heavy atom. The summed E-state index contributed by atoms with van der Waals surface area (Å²) in [7, 11) is 0. The van der Waals surface area contributed by atoms with Gasteiger partial charge in [0.05, 0.1) is 6.04 Å². The first-order valence-corrected chi connectivity index (χ1v) is 8.99. The summed E-state index contributed by atoms with van der Waals surface area (Å²) in [5.74, 6) is -0.204. The first-order valence-electron chi connectivity index (χ1n) is 8.99. The molecule has 1 N–H and O–H groups in total. The van der Waals surface area contributed by atoms with Gasteiger partial charge in [0, 0.05) is 31.5 Å². The zero-order valence-corrected chi connectivity index (χ0v) is 14.3. The summed E-state index contributed by atoms with van der Waals surface area (Å²) in [6.45, 7) is 3.13. The Hall–Kier alpha value is -2.46. The van der Waals surface area contributed by atoms with Crippen molar-refractivity contribution in [3.8, 4) is 0 Å². The molecule has 2 aliphatic rings. The van der Waals surface area contributed by atoms with Gasteiger partial charge in [-0.25, -0.2) is 0 Å². The van der Waals surface area contributed by atoms with Crippen molar-refractivity contribution in [2.45, 2.75) is 31.3 Å². The van der Waals surface area contributed by atoms with E-state index in [-0.39, 0.29) is 11.8 Å². The van der Waals surface area contributed by atoms with Crippen molar-refractivity contribution in [2.24, 2.45) is 4.99 Å². The Balaban J connectivity index is 1.33. The van der Waals surface area contributed by atoms with Crippen LogP contribution in [-0.2, 0) is 11.3 Å². The second-order valence-electron chi connectivity index (χ2n) is 6.85. The largest absolute Gasteiger partial charge is 0.325 e. The number of piperidine rings is 1. The number of hydrogen-bond donors (Lipinski definition) is 1. The van der Waals surface area contributed by atoms with Gasteiger partial charge in [-0.05, 0) is 30.0 Å². The van der Waals surface area contributed by atoms with Crippen molar-refractivity contribution < 1.29 is 4.79 Å². The molecule has 1 atom stereocenters. The van der Waals surface area contributed by atoms with E-state index in [2.05, 4.69) is 40.5 Å². The fourth-order valence-electron chi connectivity index (χ4n) is 3.66. The number of aliphatic imine (C=N–C) groups is 1. The quantitative estimate of drug-likeness (QED) is 0.871. The van der Waals surface area contributed by atoms with Gasteiger partial charge in [0.2, 0.25) is 5.91 Å². The SMILES string of the molecule is O=C1Nc2ccccc2C1C=NC1CCN(Cc2ccccc2)CC1. The number of anilines is 1. The van der Waals surface area contributed by atoms with E-state index < -0.39 is 0 Å². The predicted molar refractivity (Wildman–Crippen MR) is 101 cm³/mol. The van der Waals surface area contributed by atoms with Crippen LogP contribution in [0.4, 0.5) is 5.69 Å². The summed E-state index contributed by atoms with van der Waals surface area (Å²) in [5.41, 5.74) is 3.32. The number of rotatable bonds is 4. The van der Waals surface area contributed by atoms with E-state index in [9.17, 15) is 4.79 Å². The highest BCUT2D eigenvalue weighted by atomic mass is 16.2. The Morgan fingerprint density at radius 3 is 2.56 bits per heavy atom. The summed E-state index contributed by atoms with van der Waals surface area (Å²) in [4.78, 5) is 19.4. The Bertz CT molecular complexity index is 764. The first-order chi connectivity index (χ1) is 12.3. The predicted octanol–water partition coefficient (Wildman–Crippen LogP) is 3.46. The van der Waals surface area contributed by atoms with E-state index in [1.54, 1.807) is 0 Å². The minimum Gasteiger partial charge on any atom is -0.325 e. The second kappa shape index (κ2) is 7.19. The van der Waals surface area contributed by atoms with Gasteiger partial charge in [0.15, 0.2) is 0 Å². The molecule has 2 aromatic carbocycles. The number of carbonyl (C=O) groups is 1. The van der Waals surface area contributed by atoms with Gasteiger partial charge in [-0.3, -0.25) is 14.7 Å². The average Bonchev–Trinajstić information content (AvgIpc) is 2.97. The maximum Gasteiger partial charge on any atom is 0.237 e. The second-order valence-corrected chi connectivity index (χ2v) is 6.85. The summed E-state index contributed by atoms with van der Waals surface area (Å²) < 4.78 is 0. The molecule has 1 unspecified atom stereocenters. The molecule has 1 fully saturated rings. The zero-order valence-electron chi connectivity index (χ0n) is 14.3. The summed E-state index contributed by atoms with van der Waals surface area (Å²) in [6.07, 6.45) is 3.97. The molecule has 4 heteroatoms. The highest BCUT2D eigenvalue weighted by Crippen LogP contribution is 2.31. The minimum absolute atomic E-state index is 0.0338. The molecule has 2 aliphatic heterocycles. The van der Waals surface area contributed by atoms with Crippen LogP contribution in [0.15, 0.2) is 59.6 Å². The van der Waals surface area contributed by atoms with Gasteiger partial charge in [-0.15, -0.1) is 0 Å². The molecule has 0 aromatic heterocycles. The molecule has 25 heavy (non-hydrogen) atoms. The molecule has 2 aromatic rings. The molecule has 1 saturated heterocycles. The average molecular weight is 333 g/mol.